The van der Waals surface area contributed by atoms with E-state index in [1.807, 2.05) is 30.3 Å². The van der Waals surface area contributed by atoms with E-state index in [1.165, 1.54) is 13.8 Å². The lowest BCUT2D eigenvalue weighted by Crippen LogP contribution is -2.72. The summed E-state index contributed by atoms with van der Waals surface area (Å²) in [5.41, 5.74) is -0.182. The summed E-state index contributed by atoms with van der Waals surface area (Å²) in [5.74, 6) is -1.23. The van der Waals surface area contributed by atoms with Crippen LogP contribution in [-0.2, 0) is 35.1 Å². The van der Waals surface area contributed by atoms with Gasteiger partial charge in [0.05, 0.1) is 6.61 Å². The Morgan fingerprint density at radius 3 is 2.58 bits per heavy atom. The van der Waals surface area contributed by atoms with Crippen molar-refractivity contribution in [1.29, 1.82) is 0 Å². The fraction of sp³-hybridized carbons (Fsp3) is 0.471. The van der Waals surface area contributed by atoms with Crippen molar-refractivity contribution < 1.29 is 28.6 Å². The maximum atomic E-state index is 12.8. The number of hydrogen-bond donors (Lipinski definition) is 0. The largest absolute Gasteiger partial charge is 0.464 e. The normalized spacial score (nSPS) is 28.1. The Hall–Kier alpha value is -2.41. The van der Waals surface area contributed by atoms with E-state index in [0.717, 1.165) is 5.56 Å². The standard InChI is InChI=1S/C17H19NO6/c1-11(19)23-10-17-14(24-12(2)20)9-22-16(17)18(15(17)21)8-13-6-4-3-5-7-13/h3-7,14,16H,8-10H2,1-2H3/t14-,16+,17+/m0/s1. The Morgan fingerprint density at radius 2 is 1.96 bits per heavy atom. The molecule has 0 N–H and O–H groups in total. The van der Waals surface area contributed by atoms with Crippen molar-refractivity contribution in [2.24, 2.45) is 5.41 Å². The molecule has 0 unspecified atom stereocenters. The molecule has 2 aliphatic rings. The monoisotopic (exact) mass is 333 g/mol. The van der Waals surface area contributed by atoms with Crippen molar-refractivity contribution in [3.8, 4) is 0 Å². The van der Waals surface area contributed by atoms with E-state index in [4.69, 9.17) is 14.2 Å². The predicted molar refractivity (Wildman–Crippen MR) is 81.4 cm³/mol. The van der Waals surface area contributed by atoms with Gasteiger partial charge < -0.3 is 19.1 Å². The molecule has 128 valence electrons. The highest BCUT2D eigenvalue weighted by Gasteiger charge is 2.71. The molecule has 3 rings (SSSR count). The van der Waals surface area contributed by atoms with Crippen molar-refractivity contribution in [3.63, 3.8) is 0 Å². The minimum absolute atomic E-state index is 0.0997. The second-order valence-corrected chi connectivity index (χ2v) is 6.02. The zero-order chi connectivity index (χ0) is 17.3. The lowest BCUT2D eigenvalue weighted by atomic mass is 9.73. The molecule has 0 radical (unpaired) electrons. The summed E-state index contributed by atoms with van der Waals surface area (Å²) in [6.45, 7) is 2.88. The fourth-order valence-corrected chi connectivity index (χ4v) is 3.28. The topological polar surface area (TPSA) is 82.1 Å². The third-order valence-corrected chi connectivity index (χ3v) is 4.38. The van der Waals surface area contributed by atoms with E-state index < -0.39 is 29.7 Å². The molecule has 0 aliphatic carbocycles. The Labute approximate surface area is 139 Å². The molecule has 0 saturated carbocycles. The highest BCUT2D eigenvalue weighted by atomic mass is 16.6. The molecule has 0 aromatic heterocycles. The molecular weight excluding hydrogens is 314 g/mol. The van der Waals surface area contributed by atoms with Gasteiger partial charge in [0.2, 0.25) is 5.91 Å². The number of amides is 1. The minimum Gasteiger partial charge on any atom is -0.464 e. The predicted octanol–water partition coefficient (Wildman–Crippen LogP) is 0.866. The van der Waals surface area contributed by atoms with Gasteiger partial charge in [-0.05, 0) is 5.56 Å². The van der Waals surface area contributed by atoms with Crippen LogP contribution in [0.2, 0.25) is 0 Å². The number of fused-ring (bicyclic) bond motifs is 1. The van der Waals surface area contributed by atoms with Crippen molar-refractivity contribution in [2.75, 3.05) is 13.2 Å². The summed E-state index contributed by atoms with van der Waals surface area (Å²) in [6.07, 6.45) is -1.33. The van der Waals surface area contributed by atoms with Crippen molar-refractivity contribution in [1.82, 2.24) is 4.90 Å². The number of rotatable bonds is 5. The molecule has 1 aromatic rings. The van der Waals surface area contributed by atoms with Gasteiger partial charge in [-0.1, -0.05) is 30.3 Å². The zero-order valence-electron chi connectivity index (χ0n) is 13.6. The van der Waals surface area contributed by atoms with Gasteiger partial charge in [-0.3, -0.25) is 14.4 Å². The van der Waals surface area contributed by atoms with Gasteiger partial charge in [-0.15, -0.1) is 0 Å². The van der Waals surface area contributed by atoms with Crippen LogP contribution in [0.25, 0.3) is 0 Å². The number of β-lactam (4-membered cyclic amide) rings is 1. The molecule has 3 atom stereocenters. The summed E-state index contributed by atoms with van der Waals surface area (Å²) < 4.78 is 16.0. The van der Waals surface area contributed by atoms with Crippen LogP contribution < -0.4 is 0 Å². The summed E-state index contributed by atoms with van der Waals surface area (Å²) >= 11 is 0. The van der Waals surface area contributed by atoms with Gasteiger partial charge in [0.25, 0.3) is 0 Å². The van der Waals surface area contributed by atoms with Crippen LogP contribution in [-0.4, -0.2) is 48.3 Å². The third-order valence-electron chi connectivity index (χ3n) is 4.38. The summed E-state index contributed by atoms with van der Waals surface area (Å²) in [7, 11) is 0. The summed E-state index contributed by atoms with van der Waals surface area (Å²) in [6, 6.07) is 9.51. The number of carbonyl (C=O) groups excluding carboxylic acids is 3. The Kier molecular flexibility index (Phi) is 4.28. The lowest BCUT2D eigenvalue weighted by Gasteiger charge is -2.51. The summed E-state index contributed by atoms with van der Waals surface area (Å²) in [4.78, 5) is 36.9. The van der Waals surface area contributed by atoms with Crippen molar-refractivity contribution in [3.05, 3.63) is 35.9 Å². The van der Waals surface area contributed by atoms with Crippen LogP contribution in [0.1, 0.15) is 19.4 Å². The van der Waals surface area contributed by atoms with E-state index >= 15 is 0 Å². The van der Waals surface area contributed by atoms with Crippen LogP contribution in [0.5, 0.6) is 0 Å². The van der Waals surface area contributed by atoms with Crippen molar-refractivity contribution >= 4 is 17.8 Å². The van der Waals surface area contributed by atoms with Crippen molar-refractivity contribution in [2.45, 2.75) is 32.7 Å². The molecule has 2 saturated heterocycles. The maximum Gasteiger partial charge on any atom is 0.303 e. The van der Waals surface area contributed by atoms with Crippen LogP contribution >= 0.6 is 0 Å². The molecule has 0 bridgehead atoms. The molecule has 1 aromatic carbocycles. The maximum absolute atomic E-state index is 12.8. The van der Waals surface area contributed by atoms with Gasteiger partial charge in [0.1, 0.15) is 12.7 Å². The summed E-state index contributed by atoms with van der Waals surface area (Å²) in [5, 5.41) is 0. The Morgan fingerprint density at radius 1 is 1.25 bits per heavy atom. The molecule has 1 amide bonds. The van der Waals surface area contributed by atoms with Crippen LogP contribution in [0, 0.1) is 5.41 Å². The third kappa shape index (κ3) is 2.65. The number of likely N-dealkylation sites (tertiary alicyclic amines) is 1. The smallest absolute Gasteiger partial charge is 0.303 e. The van der Waals surface area contributed by atoms with Crippen LogP contribution in [0.15, 0.2) is 30.3 Å². The molecule has 2 fully saturated rings. The highest BCUT2D eigenvalue weighted by molar-refractivity contribution is 5.91. The van der Waals surface area contributed by atoms with E-state index in [1.54, 1.807) is 4.90 Å². The molecule has 7 heteroatoms. The Balaban J connectivity index is 1.81. The van der Waals surface area contributed by atoms with Gasteiger partial charge in [-0.25, -0.2) is 0 Å². The SMILES string of the molecule is CC(=O)OC[C@@]12C(=O)N(Cc3ccccc3)[C@@H]1OC[C@@H]2OC(C)=O. The first-order valence-electron chi connectivity index (χ1n) is 7.72. The number of nitrogens with zero attached hydrogens (tertiary/aromatic N) is 1. The van der Waals surface area contributed by atoms with Gasteiger partial charge >= 0.3 is 11.9 Å². The van der Waals surface area contributed by atoms with Gasteiger partial charge in [0.15, 0.2) is 11.6 Å². The van der Waals surface area contributed by atoms with E-state index in [-0.39, 0.29) is 19.1 Å². The molecular formula is C17H19NO6. The highest BCUT2D eigenvalue weighted by Crippen LogP contribution is 2.49. The van der Waals surface area contributed by atoms with E-state index in [9.17, 15) is 14.4 Å². The van der Waals surface area contributed by atoms with E-state index in [2.05, 4.69) is 0 Å². The number of benzene rings is 1. The number of ether oxygens (including phenoxy) is 3. The van der Waals surface area contributed by atoms with E-state index in [0.29, 0.717) is 6.54 Å². The van der Waals surface area contributed by atoms with Gasteiger partial charge in [0, 0.05) is 20.4 Å². The quantitative estimate of drug-likeness (QED) is 0.587. The Bertz CT molecular complexity index is 660. The molecule has 0 spiro atoms. The number of esters is 2. The molecule has 24 heavy (non-hydrogen) atoms. The average molecular weight is 333 g/mol. The first-order chi connectivity index (χ1) is 11.4. The second kappa shape index (κ2) is 6.24. The first kappa shape index (κ1) is 16.4. The number of carbonyl (C=O) groups is 3. The number of hydrogen-bond acceptors (Lipinski definition) is 6. The lowest BCUT2D eigenvalue weighted by molar-refractivity contribution is -0.216. The zero-order valence-corrected chi connectivity index (χ0v) is 13.6. The molecule has 2 aliphatic heterocycles. The molecule has 7 nitrogen and oxygen atoms in total. The minimum atomic E-state index is -1.15. The molecule has 2 heterocycles. The first-order valence-corrected chi connectivity index (χ1v) is 7.72. The van der Waals surface area contributed by atoms with Gasteiger partial charge in [-0.2, -0.15) is 0 Å². The average Bonchev–Trinajstić information content (AvgIpc) is 2.85. The van der Waals surface area contributed by atoms with Crippen LogP contribution in [0.3, 0.4) is 0 Å². The van der Waals surface area contributed by atoms with Crippen LogP contribution in [0.4, 0.5) is 0 Å². The fourth-order valence-electron chi connectivity index (χ4n) is 3.28. The second-order valence-electron chi connectivity index (χ2n) is 6.02.